The highest BCUT2D eigenvalue weighted by Gasteiger charge is 2.25. The summed E-state index contributed by atoms with van der Waals surface area (Å²) in [7, 11) is -3.36. The molecule has 0 aliphatic carbocycles. The van der Waals surface area contributed by atoms with Gasteiger partial charge in [-0.25, -0.2) is 8.42 Å². The van der Waals surface area contributed by atoms with Crippen LogP contribution in [0.3, 0.4) is 0 Å². The summed E-state index contributed by atoms with van der Waals surface area (Å²) in [6.07, 6.45) is 0. The summed E-state index contributed by atoms with van der Waals surface area (Å²) in [6.45, 7) is 4.22. The van der Waals surface area contributed by atoms with Crippen molar-refractivity contribution in [3.63, 3.8) is 0 Å². The molecule has 6 heteroatoms. The van der Waals surface area contributed by atoms with E-state index in [4.69, 9.17) is 5.73 Å². The molecule has 0 spiro atoms. The summed E-state index contributed by atoms with van der Waals surface area (Å²) in [5.41, 5.74) is 7.02. The van der Waals surface area contributed by atoms with Gasteiger partial charge in [0, 0.05) is 23.2 Å². The highest BCUT2D eigenvalue weighted by Crippen LogP contribution is 2.20. The number of nitrogens with zero attached hydrogens (tertiary/aromatic N) is 1. The zero-order chi connectivity index (χ0) is 15.5. The third kappa shape index (κ3) is 4.30. The summed E-state index contributed by atoms with van der Waals surface area (Å²) in [5, 5.41) is 1.96. The van der Waals surface area contributed by atoms with Gasteiger partial charge >= 0.3 is 0 Å². The molecule has 1 aromatic carbocycles. The van der Waals surface area contributed by atoms with Crippen molar-refractivity contribution >= 4 is 27.0 Å². The molecule has 0 aliphatic rings. The number of nitrogens with two attached hydrogens (primary N) is 1. The van der Waals surface area contributed by atoms with Crippen LogP contribution < -0.4 is 5.73 Å². The summed E-state index contributed by atoms with van der Waals surface area (Å²) >= 11 is 1.57. The summed E-state index contributed by atoms with van der Waals surface area (Å²) in [4.78, 5) is 1.05. The monoisotopic (exact) mass is 324 g/mol. The van der Waals surface area contributed by atoms with E-state index >= 15 is 0 Å². The Morgan fingerprint density at radius 3 is 2.38 bits per heavy atom. The molecule has 0 saturated carbocycles. The van der Waals surface area contributed by atoms with Crippen LogP contribution in [-0.2, 0) is 22.3 Å². The number of thiophene rings is 1. The van der Waals surface area contributed by atoms with Gasteiger partial charge in [-0.1, -0.05) is 18.2 Å². The smallest absolute Gasteiger partial charge is 0.218 e. The third-order valence-electron chi connectivity index (χ3n) is 3.15. The molecule has 0 saturated heterocycles. The van der Waals surface area contributed by atoms with Crippen LogP contribution in [-0.4, -0.2) is 18.8 Å². The Bertz CT molecular complexity index is 662. The van der Waals surface area contributed by atoms with Crippen molar-refractivity contribution < 1.29 is 8.42 Å². The Morgan fingerprint density at radius 1 is 1.19 bits per heavy atom. The van der Waals surface area contributed by atoms with E-state index in [9.17, 15) is 8.42 Å². The van der Waals surface area contributed by atoms with Crippen LogP contribution >= 0.6 is 11.3 Å². The van der Waals surface area contributed by atoms with Gasteiger partial charge in [0.1, 0.15) is 0 Å². The molecule has 0 radical (unpaired) electrons. The Balaban J connectivity index is 2.19. The Labute approximate surface area is 130 Å². The van der Waals surface area contributed by atoms with E-state index in [1.54, 1.807) is 39.9 Å². The van der Waals surface area contributed by atoms with Gasteiger partial charge in [0.2, 0.25) is 10.0 Å². The van der Waals surface area contributed by atoms with Gasteiger partial charge in [-0.3, -0.25) is 0 Å². The minimum absolute atomic E-state index is 0.00314. The van der Waals surface area contributed by atoms with Gasteiger partial charge in [-0.15, -0.1) is 11.3 Å². The Hall–Kier alpha value is -1.37. The zero-order valence-electron chi connectivity index (χ0n) is 12.2. The van der Waals surface area contributed by atoms with E-state index in [0.717, 1.165) is 10.4 Å². The molecule has 21 heavy (non-hydrogen) atoms. The van der Waals surface area contributed by atoms with Crippen molar-refractivity contribution in [2.45, 2.75) is 32.2 Å². The molecule has 0 amide bonds. The molecule has 0 aliphatic heterocycles. The maximum atomic E-state index is 12.7. The van der Waals surface area contributed by atoms with Gasteiger partial charge in [0.05, 0.1) is 5.75 Å². The number of nitrogen functional groups attached to an aromatic ring is 1. The lowest BCUT2D eigenvalue weighted by molar-refractivity contribution is 0.350. The normalized spacial score (nSPS) is 12.2. The van der Waals surface area contributed by atoms with Crippen molar-refractivity contribution in [2.75, 3.05) is 5.73 Å². The molecule has 2 rings (SSSR count). The maximum absolute atomic E-state index is 12.7. The fourth-order valence-electron chi connectivity index (χ4n) is 2.07. The standard InChI is InChI=1S/C15H20N2O2S2/c1-12(2)17(10-15-4-3-9-20-15)21(18,19)11-13-5-7-14(16)8-6-13/h3-9,12H,10-11,16H2,1-2H3. The molecule has 114 valence electrons. The lowest BCUT2D eigenvalue weighted by atomic mass is 10.2. The molecular weight excluding hydrogens is 304 g/mol. The number of hydrogen-bond donors (Lipinski definition) is 1. The number of hydrogen-bond acceptors (Lipinski definition) is 4. The third-order valence-corrected chi connectivity index (χ3v) is 5.98. The molecule has 0 bridgehead atoms. The van der Waals surface area contributed by atoms with Crippen LogP contribution in [0.4, 0.5) is 5.69 Å². The quantitative estimate of drug-likeness (QED) is 0.831. The predicted octanol–water partition coefficient (Wildman–Crippen LogP) is 3.07. The largest absolute Gasteiger partial charge is 0.399 e. The first-order valence-corrected chi connectivity index (χ1v) is 9.23. The van der Waals surface area contributed by atoms with Crippen LogP contribution in [0.5, 0.6) is 0 Å². The zero-order valence-corrected chi connectivity index (χ0v) is 13.8. The van der Waals surface area contributed by atoms with E-state index in [1.807, 2.05) is 31.4 Å². The first-order valence-electron chi connectivity index (χ1n) is 6.75. The van der Waals surface area contributed by atoms with Gasteiger partial charge in [-0.05, 0) is 43.0 Å². The average molecular weight is 324 g/mol. The van der Waals surface area contributed by atoms with Crippen LogP contribution in [0, 0.1) is 0 Å². The predicted molar refractivity (Wildman–Crippen MR) is 88.5 cm³/mol. The fraction of sp³-hybridized carbons (Fsp3) is 0.333. The van der Waals surface area contributed by atoms with E-state index in [-0.39, 0.29) is 11.8 Å². The first kappa shape index (κ1) is 16.0. The minimum atomic E-state index is -3.36. The average Bonchev–Trinajstić information content (AvgIpc) is 2.91. The van der Waals surface area contributed by atoms with E-state index in [0.29, 0.717) is 12.2 Å². The Morgan fingerprint density at radius 2 is 1.86 bits per heavy atom. The highest BCUT2D eigenvalue weighted by atomic mass is 32.2. The van der Waals surface area contributed by atoms with E-state index in [2.05, 4.69) is 0 Å². The van der Waals surface area contributed by atoms with Gasteiger partial charge in [-0.2, -0.15) is 4.31 Å². The van der Waals surface area contributed by atoms with Crippen LogP contribution in [0.15, 0.2) is 41.8 Å². The van der Waals surface area contributed by atoms with Crippen molar-refractivity contribution in [1.82, 2.24) is 4.31 Å². The van der Waals surface area contributed by atoms with Crippen molar-refractivity contribution in [3.8, 4) is 0 Å². The highest BCUT2D eigenvalue weighted by molar-refractivity contribution is 7.88. The van der Waals surface area contributed by atoms with Gasteiger partial charge in [0.15, 0.2) is 0 Å². The van der Waals surface area contributed by atoms with Crippen molar-refractivity contribution in [3.05, 3.63) is 52.2 Å². The Kier molecular flexibility index (Phi) is 5.03. The molecule has 1 heterocycles. The molecule has 2 aromatic rings. The van der Waals surface area contributed by atoms with Crippen molar-refractivity contribution in [1.29, 1.82) is 0 Å². The van der Waals surface area contributed by atoms with Crippen LogP contribution in [0.2, 0.25) is 0 Å². The molecule has 2 N–H and O–H groups in total. The molecule has 0 atom stereocenters. The SMILES string of the molecule is CC(C)N(Cc1cccs1)S(=O)(=O)Cc1ccc(N)cc1. The van der Waals surface area contributed by atoms with Crippen molar-refractivity contribution in [2.24, 2.45) is 0 Å². The number of anilines is 1. The molecule has 0 unspecified atom stereocenters. The molecule has 0 fully saturated rings. The second-order valence-electron chi connectivity index (χ2n) is 5.22. The van der Waals surface area contributed by atoms with Crippen LogP contribution in [0.1, 0.15) is 24.3 Å². The van der Waals surface area contributed by atoms with Gasteiger partial charge < -0.3 is 5.73 Å². The minimum Gasteiger partial charge on any atom is -0.399 e. The lowest BCUT2D eigenvalue weighted by Crippen LogP contribution is -2.37. The lowest BCUT2D eigenvalue weighted by Gasteiger charge is -2.25. The van der Waals surface area contributed by atoms with E-state index < -0.39 is 10.0 Å². The maximum Gasteiger partial charge on any atom is 0.218 e. The first-order chi connectivity index (χ1) is 9.88. The van der Waals surface area contributed by atoms with E-state index in [1.165, 1.54) is 0 Å². The molecule has 1 aromatic heterocycles. The second kappa shape index (κ2) is 6.60. The second-order valence-corrected chi connectivity index (χ2v) is 8.17. The van der Waals surface area contributed by atoms with Crippen LogP contribution in [0.25, 0.3) is 0 Å². The number of benzene rings is 1. The topological polar surface area (TPSA) is 63.4 Å². The summed E-state index contributed by atoms with van der Waals surface area (Å²) in [5.74, 6) is -0.00314. The number of rotatable bonds is 6. The summed E-state index contributed by atoms with van der Waals surface area (Å²) < 4.78 is 26.9. The molecular formula is C15H20N2O2S2. The summed E-state index contributed by atoms with van der Waals surface area (Å²) in [6, 6.07) is 10.8. The molecule has 4 nitrogen and oxygen atoms in total. The van der Waals surface area contributed by atoms with Gasteiger partial charge in [0.25, 0.3) is 0 Å². The number of sulfonamides is 1. The fourth-order valence-corrected chi connectivity index (χ4v) is 4.61.